The molecule has 19 heavy (non-hydrogen) atoms. The van der Waals surface area contributed by atoms with E-state index in [1.54, 1.807) is 35.0 Å². The highest BCUT2D eigenvalue weighted by molar-refractivity contribution is 5.90. The van der Waals surface area contributed by atoms with Crippen LogP contribution in [-0.4, -0.2) is 21.9 Å². The third-order valence-corrected chi connectivity index (χ3v) is 2.72. The molecule has 0 spiro atoms. The number of carbonyl (C=O) groups excluding carboxylic acids is 1. The number of nitro groups is 1. The topological polar surface area (TPSA) is 77.2 Å². The fourth-order valence-electron chi connectivity index (χ4n) is 1.92. The number of para-hydroxylation sites is 1. The number of aromatic nitrogens is 1. The van der Waals surface area contributed by atoms with Gasteiger partial charge < -0.3 is 9.88 Å². The van der Waals surface area contributed by atoms with Gasteiger partial charge in [-0.1, -0.05) is 18.2 Å². The Balaban J connectivity index is 2.36. The molecule has 0 aliphatic heterocycles. The van der Waals surface area contributed by atoms with E-state index in [0.717, 1.165) is 5.39 Å². The molecule has 0 saturated heterocycles. The van der Waals surface area contributed by atoms with E-state index in [1.165, 1.54) is 6.07 Å². The summed E-state index contributed by atoms with van der Waals surface area (Å²) in [6.07, 6.45) is 3.25. The van der Waals surface area contributed by atoms with Crippen molar-refractivity contribution >= 4 is 22.5 Å². The molecule has 0 fully saturated rings. The molecule has 0 aliphatic rings. The largest absolute Gasteiger partial charge is 0.351 e. The Morgan fingerprint density at radius 2 is 2.26 bits per heavy atom. The molecule has 0 radical (unpaired) electrons. The van der Waals surface area contributed by atoms with Crippen molar-refractivity contribution in [2.75, 3.05) is 6.54 Å². The van der Waals surface area contributed by atoms with Crippen LogP contribution in [0, 0.1) is 10.1 Å². The van der Waals surface area contributed by atoms with E-state index in [1.807, 2.05) is 0 Å². The maximum Gasteiger partial charge on any atom is 0.293 e. The lowest BCUT2D eigenvalue weighted by Gasteiger charge is -2.06. The number of nitrogens with zero attached hydrogens (tertiary/aromatic N) is 2. The standard InChI is InChI=1S/C13H13N3O3/c1-2-7-14-12(17)9-15-8-6-10-4-3-5-11(13(10)15)16(18)19/h2-6,8H,1,7,9H2,(H,14,17). The number of fused-ring (bicyclic) bond motifs is 1. The third kappa shape index (κ3) is 2.62. The van der Waals surface area contributed by atoms with Gasteiger partial charge in [-0.2, -0.15) is 0 Å². The van der Waals surface area contributed by atoms with Crippen molar-refractivity contribution in [3.8, 4) is 0 Å². The number of nitro benzene ring substituents is 1. The average molecular weight is 259 g/mol. The summed E-state index contributed by atoms with van der Waals surface area (Å²) in [5.41, 5.74) is 0.459. The molecule has 0 bridgehead atoms. The molecule has 6 heteroatoms. The Hall–Kier alpha value is -2.63. The van der Waals surface area contributed by atoms with E-state index in [2.05, 4.69) is 11.9 Å². The average Bonchev–Trinajstić information content (AvgIpc) is 2.79. The Labute approximate surface area is 109 Å². The van der Waals surface area contributed by atoms with E-state index < -0.39 is 4.92 Å². The lowest BCUT2D eigenvalue weighted by atomic mass is 10.2. The van der Waals surface area contributed by atoms with Crippen LogP contribution in [0.4, 0.5) is 5.69 Å². The summed E-state index contributed by atoms with van der Waals surface area (Å²) in [6.45, 7) is 3.93. The predicted molar refractivity (Wildman–Crippen MR) is 71.8 cm³/mol. The van der Waals surface area contributed by atoms with Crippen molar-refractivity contribution in [2.45, 2.75) is 6.54 Å². The Morgan fingerprint density at radius 3 is 2.95 bits per heavy atom. The summed E-state index contributed by atoms with van der Waals surface area (Å²) in [6, 6.07) is 6.59. The van der Waals surface area contributed by atoms with Gasteiger partial charge in [-0.05, 0) is 6.07 Å². The van der Waals surface area contributed by atoms with Crippen molar-refractivity contribution in [3.05, 3.63) is 53.2 Å². The number of hydrogen-bond acceptors (Lipinski definition) is 3. The van der Waals surface area contributed by atoms with Gasteiger partial charge in [0.25, 0.3) is 5.69 Å². The first-order valence-corrected chi connectivity index (χ1v) is 5.73. The van der Waals surface area contributed by atoms with Crippen LogP contribution in [0.15, 0.2) is 43.1 Å². The highest BCUT2D eigenvalue weighted by Gasteiger charge is 2.16. The molecule has 1 amide bonds. The van der Waals surface area contributed by atoms with Crippen molar-refractivity contribution < 1.29 is 9.72 Å². The van der Waals surface area contributed by atoms with Crippen LogP contribution < -0.4 is 5.32 Å². The van der Waals surface area contributed by atoms with E-state index in [4.69, 9.17) is 0 Å². The quantitative estimate of drug-likeness (QED) is 0.505. The Bertz CT molecular complexity index is 646. The second-order valence-corrected chi connectivity index (χ2v) is 4.01. The minimum atomic E-state index is -0.444. The SMILES string of the molecule is C=CCNC(=O)Cn1ccc2cccc([N+](=O)[O-])c21. The molecule has 98 valence electrons. The Kier molecular flexibility index (Phi) is 3.61. The second kappa shape index (κ2) is 5.34. The van der Waals surface area contributed by atoms with Gasteiger partial charge in [0, 0.05) is 24.2 Å². The van der Waals surface area contributed by atoms with E-state index in [0.29, 0.717) is 12.1 Å². The van der Waals surface area contributed by atoms with Crippen LogP contribution in [0.5, 0.6) is 0 Å². The number of nitrogens with one attached hydrogen (secondary N) is 1. The Morgan fingerprint density at radius 1 is 1.47 bits per heavy atom. The van der Waals surface area contributed by atoms with Gasteiger partial charge in [0.15, 0.2) is 0 Å². The smallest absolute Gasteiger partial charge is 0.293 e. The molecule has 0 saturated carbocycles. The first-order valence-electron chi connectivity index (χ1n) is 5.73. The summed E-state index contributed by atoms with van der Waals surface area (Å²) in [7, 11) is 0. The van der Waals surface area contributed by atoms with Gasteiger partial charge >= 0.3 is 0 Å². The number of hydrogen-bond donors (Lipinski definition) is 1. The van der Waals surface area contributed by atoms with Gasteiger partial charge in [0.2, 0.25) is 5.91 Å². The normalized spacial score (nSPS) is 10.3. The van der Waals surface area contributed by atoms with Crippen molar-refractivity contribution in [1.82, 2.24) is 9.88 Å². The lowest BCUT2D eigenvalue weighted by molar-refractivity contribution is -0.383. The highest BCUT2D eigenvalue weighted by Crippen LogP contribution is 2.26. The van der Waals surface area contributed by atoms with Crippen molar-refractivity contribution in [2.24, 2.45) is 0 Å². The number of amides is 1. The molecular weight excluding hydrogens is 246 g/mol. The first kappa shape index (κ1) is 12.8. The number of non-ortho nitro benzene ring substituents is 1. The molecule has 1 aromatic heterocycles. The maximum atomic E-state index is 11.6. The number of carbonyl (C=O) groups is 1. The van der Waals surface area contributed by atoms with E-state index in [9.17, 15) is 14.9 Å². The molecule has 6 nitrogen and oxygen atoms in total. The summed E-state index contributed by atoms with van der Waals surface area (Å²) >= 11 is 0. The van der Waals surface area contributed by atoms with Crippen LogP contribution in [0.1, 0.15) is 0 Å². The van der Waals surface area contributed by atoms with Crippen LogP contribution in [0.2, 0.25) is 0 Å². The number of rotatable bonds is 5. The highest BCUT2D eigenvalue weighted by atomic mass is 16.6. The zero-order valence-corrected chi connectivity index (χ0v) is 10.2. The van der Waals surface area contributed by atoms with Gasteiger partial charge in [-0.25, -0.2) is 0 Å². The molecule has 0 unspecified atom stereocenters. The summed E-state index contributed by atoms with van der Waals surface area (Å²) in [4.78, 5) is 22.2. The second-order valence-electron chi connectivity index (χ2n) is 4.01. The fourth-order valence-corrected chi connectivity index (χ4v) is 1.92. The van der Waals surface area contributed by atoms with Gasteiger partial charge in [-0.3, -0.25) is 14.9 Å². The van der Waals surface area contributed by atoms with Crippen molar-refractivity contribution in [1.29, 1.82) is 0 Å². The minimum Gasteiger partial charge on any atom is -0.351 e. The molecular formula is C13H13N3O3. The van der Waals surface area contributed by atoms with Crippen LogP contribution in [0.25, 0.3) is 10.9 Å². The third-order valence-electron chi connectivity index (χ3n) is 2.72. The van der Waals surface area contributed by atoms with E-state index in [-0.39, 0.29) is 18.1 Å². The van der Waals surface area contributed by atoms with Crippen molar-refractivity contribution in [3.63, 3.8) is 0 Å². The zero-order chi connectivity index (χ0) is 13.8. The fraction of sp³-hybridized carbons (Fsp3) is 0.154. The molecule has 1 heterocycles. The van der Waals surface area contributed by atoms with Gasteiger partial charge in [-0.15, -0.1) is 6.58 Å². The van der Waals surface area contributed by atoms with E-state index >= 15 is 0 Å². The molecule has 1 aromatic carbocycles. The summed E-state index contributed by atoms with van der Waals surface area (Å²) in [5, 5.41) is 14.4. The zero-order valence-electron chi connectivity index (χ0n) is 10.2. The lowest BCUT2D eigenvalue weighted by Crippen LogP contribution is -2.27. The van der Waals surface area contributed by atoms with Crippen LogP contribution >= 0.6 is 0 Å². The molecule has 2 rings (SSSR count). The summed E-state index contributed by atoms with van der Waals surface area (Å²) in [5.74, 6) is -0.212. The molecule has 0 atom stereocenters. The van der Waals surface area contributed by atoms with Gasteiger partial charge in [0.05, 0.1) is 4.92 Å². The molecule has 1 N–H and O–H groups in total. The van der Waals surface area contributed by atoms with Crippen LogP contribution in [0.3, 0.4) is 0 Å². The minimum absolute atomic E-state index is 0.000907. The van der Waals surface area contributed by atoms with Gasteiger partial charge in [0.1, 0.15) is 12.1 Å². The summed E-state index contributed by atoms with van der Waals surface area (Å²) < 4.78 is 1.58. The molecule has 0 aliphatic carbocycles. The maximum absolute atomic E-state index is 11.6. The first-order chi connectivity index (χ1) is 9.13. The van der Waals surface area contributed by atoms with Crippen LogP contribution in [-0.2, 0) is 11.3 Å². The predicted octanol–water partition coefficient (Wildman–Crippen LogP) is 1.85. The number of benzene rings is 1. The monoisotopic (exact) mass is 259 g/mol. The molecule has 2 aromatic rings.